The van der Waals surface area contributed by atoms with Crippen molar-refractivity contribution in [2.75, 3.05) is 0 Å². The first-order valence-electron chi connectivity index (χ1n) is 14.4. The van der Waals surface area contributed by atoms with E-state index in [0.29, 0.717) is 5.92 Å². The average molecular weight is 499 g/mol. The molecule has 4 rings (SSSR count). The number of hydrogen-bond acceptors (Lipinski definition) is 3. The van der Waals surface area contributed by atoms with E-state index >= 15 is 0 Å². The van der Waals surface area contributed by atoms with E-state index in [2.05, 4.69) is 54.5 Å². The molecule has 0 heterocycles. The van der Waals surface area contributed by atoms with Crippen molar-refractivity contribution in [1.29, 1.82) is 0 Å². The molecule has 202 valence electrons. The van der Waals surface area contributed by atoms with Gasteiger partial charge < -0.3 is 9.84 Å². The van der Waals surface area contributed by atoms with E-state index in [1.807, 2.05) is 0 Å². The van der Waals surface area contributed by atoms with Gasteiger partial charge in [0, 0.05) is 12.3 Å². The maximum atomic E-state index is 12.5. The van der Waals surface area contributed by atoms with Crippen molar-refractivity contribution in [3.05, 3.63) is 22.8 Å². The van der Waals surface area contributed by atoms with Crippen molar-refractivity contribution >= 4 is 11.9 Å². The van der Waals surface area contributed by atoms with Crippen molar-refractivity contribution in [1.82, 2.24) is 0 Å². The number of carbonyl (C=O) groups is 2. The molecule has 36 heavy (non-hydrogen) atoms. The number of fused-ring (bicyclic) bond motifs is 4. The van der Waals surface area contributed by atoms with Crippen LogP contribution in [0.15, 0.2) is 22.8 Å². The summed E-state index contributed by atoms with van der Waals surface area (Å²) < 4.78 is 5.84. The second-order valence-corrected chi connectivity index (χ2v) is 14.1. The minimum Gasteiger partial charge on any atom is -0.481 e. The number of rotatable bonds is 6. The highest BCUT2D eigenvalue weighted by molar-refractivity contribution is 5.70. The molecule has 0 unspecified atom stereocenters. The van der Waals surface area contributed by atoms with Crippen molar-refractivity contribution < 1.29 is 19.4 Å². The van der Waals surface area contributed by atoms with E-state index in [4.69, 9.17) is 4.74 Å². The van der Waals surface area contributed by atoms with Gasteiger partial charge in [-0.05, 0) is 106 Å². The molecular weight excluding hydrogens is 448 g/mol. The molecule has 0 radical (unpaired) electrons. The lowest BCUT2D eigenvalue weighted by Gasteiger charge is -2.62. The van der Waals surface area contributed by atoms with Crippen LogP contribution in [0.3, 0.4) is 0 Å². The first kappa shape index (κ1) is 27.5. The summed E-state index contributed by atoms with van der Waals surface area (Å²) in [7, 11) is 0. The lowest BCUT2D eigenvalue weighted by molar-refractivity contribution is -0.167. The summed E-state index contributed by atoms with van der Waals surface area (Å²) in [6.07, 6.45) is 12.4. The summed E-state index contributed by atoms with van der Waals surface area (Å²) in [5.41, 5.74) is 4.85. The summed E-state index contributed by atoms with van der Waals surface area (Å²) in [5, 5.41) is 10.3. The molecule has 0 aromatic rings. The Bertz CT molecular complexity index is 969. The maximum absolute atomic E-state index is 12.5. The molecular formula is C32H50O4. The zero-order valence-electron chi connectivity index (χ0n) is 24.1. The Balaban J connectivity index is 1.67. The summed E-state index contributed by atoms with van der Waals surface area (Å²) in [5.74, 6) is -0.291. The highest BCUT2D eigenvalue weighted by Crippen LogP contribution is 2.72. The molecule has 4 aliphatic carbocycles. The Morgan fingerprint density at radius 1 is 0.972 bits per heavy atom. The smallest absolute Gasteiger partial charge is 0.306 e. The molecule has 1 N–H and O–H groups in total. The normalized spacial score (nSPS) is 39.9. The van der Waals surface area contributed by atoms with Gasteiger partial charge in [0.05, 0.1) is 5.92 Å². The third-order valence-electron chi connectivity index (χ3n) is 11.9. The minimum atomic E-state index is -0.603. The summed E-state index contributed by atoms with van der Waals surface area (Å²) in [4.78, 5) is 24.3. The Morgan fingerprint density at radius 2 is 1.67 bits per heavy atom. The Hall–Kier alpha value is -1.58. The largest absolute Gasteiger partial charge is 0.481 e. The highest BCUT2D eigenvalue weighted by Gasteiger charge is 2.64. The third kappa shape index (κ3) is 4.09. The first-order chi connectivity index (χ1) is 16.7. The van der Waals surface area contributed by atoms with Gasteiger partial charge in [-0.3, -0.25) is 9.59 Å². The van der Waals surface area contributed by atoms with Crippen LogP contribution in [-0.2, 0) is 14.3 Å². The Kier molecular flexibility index (Phi) is 7.10. The number of ether oxygens (including phenoxy) is 1. The van der Waals surface area contributed by atoms with Gasteiger partial charge in [0.2, 0.25) is 0 Å². The number of carbonyl (C=O) groups excluding carboxylic acids is 1. The molecule has 4 nitrogen and oxygen atoms in total. The number of esters is 1. The Morgan fingerprint density at radius 3 is 2.28 bits per heavy atom. The molecule has 0 spiro atoms. The molecule has 0 aliphatic heterocycles. The fraction of sp³-hybridized carbons (Fsp3) is 0.812. The van der Waals surface area contributed by atoms with E-state index in [1.54, 1.807) is 11.1 Å². The predicted octanol–water partition coefficient (Wildman–Crippen LogP) is 8.11. The molecule has 2 fully saturated rings. The van der Waals surface area contributed by atoms with Crippen LogP contribution in [-0.4, -0.2) is 23.1 Å². The molecule has 0 amide bonds. The van der Waals surface area contributed by atoms with E-state index < -0.39 is 5.97 Å². The molecule has 0 bridgehead atoms. The Labute approximate surface area is 219 Å². The van der Waals surface area contributed by atoms with Crippen LogP contribution < -0.4 is 0 Å². The second-order valence-electron chi connectivity index (χ2n) is 14.1. The van der Waals surface area contributed by atoms with Gasteiger partial charge in [0.15, 0.2) is 0 Å². The molecule has 2 saturated carbocycles. The fourth-order valence-corrected chi connectivity index (χ4v) is 9.81. The van der Waals surface area contributed by atoms with Gasteiger partial charge in [-0.15, -0.1) is 0 Å². The topological polar surface area (TPSA) is 63.6 Å². The van der Waals surface area contributed by atoms with Gasteiger partial charge in [-0.2, -0.15) is 0 Å². The maximum Gasteiger partial charge on any atom is 0.306 e. The lowest BCUT2D eigenvalue weighted by atomic mass is 9.43. The summed E-state index contributed by atoms with van der Waals surface area (Å²) in [6, 6.07) is 0. The van der Waals surface area contributed by atoms with Crippen LogP contribution in [0.5, 0.6) is 0 Å². The fourth-order valence-electron chi connectivity index (χ4n) is 9.81. The monoisotopic (exact) mass is 498 g/mol. The van der Waals surface area contributed by atoms with Crippen LogP contribution in [0.1, 0.15) is 120 Å². The third-order valence-corrected chi connectivity index (χ3v) is 11.9. The standard InChI is InChI=1S/C32H50O4/c1-20(2)10-9-11-22(28(34)35)23-14-18-32(8)25-12-13-26-29(4,5)27(36-21(3)33)16-17-30(26,6)24(25)15-19-31(23,32)7/h10,22-23,26-27H,9,11-19H2,1-8H3,(H,34,35)/t22-,23+,26-,27-,30-,31+,32-/m1/s1. The SMILES string of the molecule is CC(=O)O[C@@H]1CC[C@]2(C)C3=C(CC[C@@H]2C1(C)C)[C@@]1(C)CC[C@@H]([C@@H](CCC=C(C)C)C(=O)O)[C@]1(C)CC3. The molecule has 7 atom stereocenters. The number of hydrogen-bond donors (Lipinski definition) is 1. The lowest BCUT2D eigenvalue weighted by Crippen LogP contribution is -2.56. The van der Waals surface area contributed by atoms with Gasteiger partial charge in [-0.25, -0.2) is 0 Å². The average Bonchev–Trinajstić information content (AvgIpc) is 3.04. The predicted molar refractivity (Wildman–Crippen MR) is 144 cm³/mol. The van der Waals surface area contributed by atoms with Gasteiger partial charge in [-0.1, -0.05) is 57.4 Å². The van der Waals surface area contributed by atoms with Gasteiger partial charge >= 0.3 is 11.9 Å². The van der Waals surface area contributed by atoms with Crippen molar-refractivity contribution in [2.45, 2.75) is 126 Å². The van der Waals surface area contributed by atoms with Crippen LogP contribution >= 0.6 is 0 Å². The van der Waals surface area contributed by atoms with Crippen molar-refractivity contribution in [2.24, 2.45) is 39.4 Å². The van der Waals surface area contributed by atoms with E-state index in [9.17, 15) is 14.7 Å². The molecule has 4 heteroatoms. The number of carboxylic acids is 1. The molecule has 0 aromatic carbocycles. The number of allylic oxidation sites excluding steroid dienone is 4. The van der Waals surface area contributed by atoms with Crippen LogP contribution in [0.25, 0.3) is 0 Å². The van der Waals surface area contributed by atoms with Crippen LogP contribution in [0, 0.1) is 39.4 Å². The van der Waals surface area contributed by atoms with Crippen LogP contribution in [0.4, 0.5) is 0 Å². The molecule has 0 aromatic heterocycles. The zero-order chi connectivity index (χ0) is 26.7. The summed E-state index contributed by atoms with van der Waals surface area (Å²) >= 11 is 0. The van der Waals surface area contributed by atoms with Gasteiger partial charge in [0.1, 0.15) is 6.10 Å². The summed E-state index contributed by atoms with van der Waals surface area (Å²) in [6.45, 7) is 17.8. The molecule has 4 aliphatic rings. The van der Waals surface area contributed by atoms with E-state index in [-0.39, 0.29) is 45.6 Å². The number of carboxylic acid groups (broad SMARTS) is 1. The van der Waals surface area contributed by atoms with Crippen molar-refractivity contribution in [3.8, 4) is 0 Å². The van der Waals surface area contributed by atoms with Crippen molar-refractivity contribution in [3.63, 3.8) is 0 Å². The quantitative estimate of drug-likeness (QED) is 0.297. The highest BCUT2D eigenvalue weighted by atomic mass is 16.5. The van der Waals surface area contributed by atoms with Gasteiger partial charge in [0.25, 0.3) is 0 Å². The first-order valence-corrected chi connectivity index (χ1v) is 14.4. The van der Waals surface area contributed by atoms with Crippen LogP contribution in [0.2, 0.25) is 0 Å². The second kappa shape index (κ2) is 9.31. The van der Waals surface area contributed by atoms with E-state index in [1.165, 1.54) is 12.5 Å². The zero-order valence-corrected chi connectivity index (χ0v) is 24.1. The van der Waals surface area contributed by atoms with E-state index in [0.717, 1.165) is 64.2 Å². The minimum absolute atomic E-state index is 0.00680. The molecule has 0 saturated heterocycles. The number of aliphatic carboxylic acids is 1.